The number of rotatable bonds is 6. The summed E-state index contributed by atoms with van der Waals surface area (Å²) in [5.74, 6) is 1.76. The Balaban J connectivity index is 1.04. The summed E-state index contributed by atoms with van der Waals surface area (Å²) >= 11 is 0. The zero-order chi connectivity index (χ0) is 41.5. The van der Waals surface area contributed by atoms with Crippen LogP contribution in [0.4, 0.5) is 34.1 Å². The monoisotopic (exact) mass is 806 g/mol. The van der Waals surface area contributed by atoms with Crippen LogP contribution < -0.4 is 14.5 Å². The van der Waals surface area contributed by atoms with Gasteiger partial charge in [0.05, 0.1) is 16.5 Å². The van der Waals surface area contributed by atoms with E-state index in [1.54, 1.807) is 0 Å². The van der Waals surface area contributed by atoms with Crippen LogP contribution in [0.1, 0.15) is 22.3 Å². The second-order valence-electron chi connectivity index (χ2n) is 16.4. The van der Waals surface area contributed by atoms with Crippen LogP contribution in [0, 0.1) is 0 Å². The first-order valence-electron chi connectivity index (χ1n) is 21.5. The normalized spacial score (nSPS) is 14.5. The zero-order valence-corrected chi connectivity index (χ0v) is 34.2. The van der Waals surface area contributed by atoms with E-state index in [1.165, 1.54) is 27.6 Å². The molecule has 4 nitrogen and oxygen atoms in total. The largest absolute Gasteiger partial charge is 0.457 e. The van der Waals surface area contributed by atoms with Gasteiger partial charge in [-0.3, -0.25) is 0 Å². The molecular weight excluding hydrogens is 769 g/mol. The standard InChI is InChI=1S/C59H38N2O2/c1-4-19-41(20-5-1)60(42-21-6-2-7-22-42)45-32-34-48-56(38-45)63-55-30-16-28-53(58(48)55)61(43-23-8-3-9-24-43)44-31-33-47-46-25-12-13-26-49(46)59(51(47)37-44)50-27-14-15-29-54(50)62-57-36-40-18-11-10-17-39(40)35-52(57)59/h1-38H. The lowest BCUT2D eigenvalue weighted by Crippen LogP contribution is -2.32. The van der Waals surface area contributed by atoms with Gasteiger partial charge < -0.3 is 19.0 Å². The van der Waals surface area contributed by atoms with E-state index in [9.17, 15) is 0 Å². The molecule has 1 aliphatic carbocycles. The Hall–Kier alpha value is -8.34. The molecule has 11 aromatic rings. The van der Waals surface area contributed by atoms with Gasteiger partial charge in [0.25, 0.3) is 0 Å². The van der Waals surface area contributed by atoms with E-state index in [0.717, 1.165) is 84.1 Å². The average Bonchev–Trinajstić information content (AvgIpc) is 3.86. The Morgan fingerprint density at radius 2 is 0.921 bits per heavy atom. The van der Waals surface area contributed by atoms with E-state index < -0.39 is 5.41 Å². The highest BCUT2D eigenvalue weighted by Gasteiger charge is 2.51. The molecule has 13 rings (SSSR count). The summed E-state index contributed by atoms with van der Waals surface area (Å²) in [6, 6.07) is 82.5. The van der Waals surface area contributed by atoms with E-state index in [4.69, 9.17) is 9.15 Å². The van der Waals surface area contributed by atoms with E-state index >= 15 is 0 Å². The van der Waals surface area contributed by atoms with Crippen LogP contribution in [0.25, 0.3) is 43.8 Å². The van der Waals surface area contributed by atoms with Gasteiger partial charge in [-0.25, -0.2) is 0 Å². The Bertz CT molecular complexity index is 3520. The molecule has 1 aliphatic heterocycles. The number of nitrogens with zero attached hydrogens (tertiary/aromatic N) is 2. The number of anilines is 6. The van der Waals surface area contributed by atoms with Crippen molar-refractivity contribution in [3.8, 4) is 22.6 Å². The fourth-order valence-corrected chi connectivity index (χ4v) is 10.4. The topological polar surface area (TPSA) is 28.9 Å². The summed E-state index contributed by atoms with van der Waals surface area (Å²) in [6.07, 6.45) is 0. The molecule has 2 aliphatic rings. The molecule has 2 heterocycles. The lowest BCUT2D eigenvalue weighted by molar-refractivity contribution is 0.437. The molecule has 1 atom stereocenters. The van der Waals surface area contributed by atoms with Crippen LogP contribution in [0.15, 0.2) is 235 Å². The third-order valence-electron chi connectivity index (χ3n) is 13.1. The lowest BCUT2D eigenvalue weighted by atomic mass is 9.65. The lowest BCUT2D eigenvalue weighted by Gasteiger charge is -2.40. The SMILES string of the molecule is c1ccc(N(c2ccccc2)c2ccc3c(c2)oc2cccc(N(c4ccccc4)c4ccc5c(c4)C4(c6ccccc6Oc6cc7ccccc7cc64)c4ccccc4-5)c23)cc1. The van der Waals surface area contributed by atoms with Gasteiger partial charge >= 0.3 is 0 Å². The molecule has 0 saturated carbocycles. The minimum Gasteiger partial charge on any atom is -0.457 e. The zero-order valence-electron chi connectivity index (χ0n) is 34.2. The first kappa shape index (κ1) is 35.4. The molecule has 1 aromatic heterocycles. The van der Waals surface area contributed by atoms with Crippen molar-refractivity contribution in [2.45, 2.75) is 5.41 Å². The average molecular weight is 807 g/mol. The van der Waals surface area contributed by atoms with Crippen LogP contribution in [0.2, 0.25) is 0 Å². The first-order chi connectivity index (χ1) is 31.2. The molecule has 0 radical (unpaired) electrons. The van der Waals surface area contributed by atoms with Crippen LogP contribution in [-0.4, -0.2) is 0 Å². The second kappa shape index (κ2) is 13.8. The molecule has 1 unspecified atom stereocenters. The van der Waals surface area contributed by atoms with Gasteiger partial charge in [0.1, 0.15) is 22.7 Å². The number of benzene rings is 10. The summed E-state index contributed by atoms with van der Waals surface area (Å²) in [5.41, 5.74) is 14.6. The molecule has 0 amide bonds. The van der Waals surface area contributed by atoms with Gasteiger partial charge in [0.15, 0.2) is 0 Å². The Morgan fingerprint density at radius 1 is 0.333 bits per heavy atom. The van der Waals surface area contributed by atoms with Crippen molar-refractivity contribution in [2.75, 3.05) is 9.80 Å². The van der Waals surface area contributed by atoms with Gasteiger partial charge in [-0.2, -0.15) is 0 Å². The minimum absolute atomic E-state index is 0.632. The highest BCUT2D eigenvalue weighted by molar-refractivity contribution is 6.14. The molecular formula is C59H38N2O2. The highest BCUT2D eigenvalue weighted by Crippen LogP contribution is 2.63. The maximum Gasteiger partial charge on any atom is 0.137 e. The molecule has 1 spiro atoms. The van der Waals surface area contributed by atoms with Crippen molar-refractivity contribution in [1.29, 1.82) is 0 Å². The van der Waals surface area contributed by atoms with Gasteiger partial charge in [0, 0.05) is 51.0 Å². The maximum absolute atomic E-state index is 6.85. The Morgan fingerprint density at radius 3 is 1.67 bits per heavy atom. The van der Waals surface area contributed by atoms with Crippen LogP contribution in [0.3, 0.4) is 0 Å². The molecule has 0 fully saturated rings. The van der Waals surface area contributed by atoms with Crippen LogP contribution >= 0.6 is 0 Å². The van der Waals surface area contributed by atoms with Gasteiger partial charge in [-0.05, 0) is 124 Å². The van der Waals surface area contributed by atoms with Crippen molar-refractivity contribution in [3.63, 3.8) is 0 Å². The van der Waals surface area contributed by atoms with Gasteiger partial charge in [0.2, 0.25) is 0 Å². The molecule has 63 heavy (non-hydrogen) atoms. The second-order valence-corrected chi connectivity index (χ2v) is 16.4. The fraction of sp³-hybridized carbons (Fsp3) is 0.0169. The molecule has 10 aromatic carbocycles. The van der Waals surface area contributed by atoms with E-state index in [-0.39, 0.29) is 0 Å². The van der Waals surface area contributed by atoms with Crippen LogP contribution in [0.5, 0.6) is 11.5 Å². The number of furan rings is 1. The summed E-state index contributed by atoms with van der Waals surface area (Å²) in [7, 11) is 0. The van der Waals surface area contributed by atoms with Crippen LogP contribution in [-0.2, 0) is 5.41 Å². The fourth-order valence-electron chi connectivity index (χ4n) is 10.4. The van der Waals surface area contributed by atoms with Crippen molar-refractivity contribution >= 4 is 66.8 Å². The van der Waals surface area contributed by atoms with Gasteiger partial charge in [-0.15, -0.1) is 0 Å². The third-order valence-corrected chi connectivity index (χ3v) is 13.1. The highest BCUT2D eigenvalue weighted by atomic mass is 16.5. The molecule has 0 saturated heterocycles. The molecule has 296 valence electrons. The van der Waals surface area contributed by atoms with E-state index in [0.29, 0.717) is 0 Å². The number of hydrogen-bond donors (Lipinski definition) is 0. The summed E-state index contributed by atoms with van der Waals surface area (Å²) < 4.78 is 13.7. The van der Waals surface area contributed by atoms with Crippen molar-refractivity contribution in [1.82, 2.24) is 0 Å². The van der Waals surface area contributed by atoms with E-state index in [1.807, 2.05) is 0 Å². The minimum atomic E-state index is -0.632. The summed E-state index contributed by atoms with van der Waals surface area (Å²) in [4.78, 5) is 4.67. The molecule has 4 heteroatoms. The number of hydrogen-bond acceptors (Lipinski definition) is 4. The molecule has 0 N–H and O–H groups in total. The maximum atomic E-state index is 6.85. The van der Waals surface area contributed by atoms with Gasteiger partial charge in [-0.1, -0.05) is 133 Å². The summed E-state index contributed by atoms with van der Waals surface area (Å²) in [5, 5.41) is 4.45. The van der Waals surface area contributed by atoms with E-state index in [2.05, 4.69) is 240 Å². The quantitative estimate of drug-likeness (QED) is 0.167. The van der Waals surface area contributed by atoms with Crippen molar-refractivity contribution in [2.24, 2.45) is 0 Å². The number of para-hydroxylation sites is 4. The van der Waals surface area contributed by atoms with Crippen molar-refractivity contribution in [3.05, 3.63) is 253 Å². The first-order valence-corrected chi connectivity index (χ1v) is 21.5. The Labute approximate surface area is 365 Å². The predicted molar refractivity (Wildman–Crippen MR) is 258 cm³/mol. The predicted octanol–water partition coefficient (Wildman–Crippen LogP) is 16.1. The number of ether oxygens (including phenoxy) is 1. The molecule has 0 bridgehead atoms. The summed E-state index contributed by atoms with van der Waals surface area (Å²) in [6.45, 7) is 0. The smallest absolute Gasteiger partial charge is 0.137 e. The number of fused-ring (bicyclic) bond motifs is 13. The Kier molecular flexibility index (Phi) is 7.79. The van der Waals surface area contributed by atoms with Crippen molar-refractivity contribution < 1.29 is 9.15 Å². The third kappa shape index (κ3) is 5.28.